The quantitative estimate of drug-likeness (QED) is 0.272. The lowest BCUT2D eigenvalue weighted by Gasteiger charge is -2.31. The average molecular weight is 540 g/mol. The van der Waals surface area contributed by atoms with E-state index in [0.29, 0.717) is 12.2 Å². The third-order valence-electron chi connectivity index (χ3n) is 7.17. The number of nitrogens with zero attached hydrogens (tertiary/aromatic N) is 4. The van der Waals surface area contributed by atoms with Crippen LogP contribution in [0.2, 0.25) is 0 Å². The number of hydrogen-bond donors (Lipinski definition) is 1. The summed E-state index contributed by atoms with van der Waals surface area (Å²) >= 11 is 0. The number of ether oxygens (including phenoxy) is 1. The zero-order chi connectivity index (χ0) is 27.8. The highest BCUT2D eigenvalue weighted by Crippen LogP contribution is 2.39. The number of nitrogens with one attached hydrogen (secondary N) is 1. The van der Waals surface area contributed by atoms with Gasteiger partial charge in [0.1, 0.15) is 23.2 Å². The maximum Gasteiger partial charge on any atom is 0.323 e. The van der Waals surface area contributed by atoms with Crippen LogP contribution in [0, 0.1) is 11.6 Å². The van der Waals surface area contributed by atoms with Gasteiger partial charge in [0.15, 0.2) is 0 Å². The first-order valence-electron chi connectivity index (χ1n) is 13.0. The SMILES string of the molecule is CCc1nn(-c2ccccc2)c2c1CN(C(=O)Nc1cc(F)ccc1F)[C@@H](c1ccc(OC)cc1)c1cccn1-2. The lowest BCUT2D eigenvalue weighted by atomic mass is 10.0. The monoisotopic (exact) mass is 539 g/mol. The standard InChI is InChI=1S/C31H27F2N5O2/c1-3-26-24-19-37(31(39)34-27-18-21(32)13-16-25(27)33)29(20-11-14-23(40-2)15-12-20)28-10-7-17-36(28)30(24)38(35-26)22-8-5-4-6-9-22/h4-18,29H,3,19H2,1-2H3,(H,34,39)/t29-/m0/s1. The second-order valence-corrected chi connectivity index (χ2v) is 9.51. The highest BCUT2D eigenvalue weighted by atomic mass is 19.1. The minimum Gasteiger partial charge on any atom is -0.497 e. The van der Waals surface area contributed by atoms with Crippen molar-refractivity contribution in [3.8, 4) is 17.3 Å². The number of urea groups is 1. The molecule has 1 atom stereocenters. The normalized spacial score (nSPS) is 14.3. The molecule has 0 spiro atoms. The van der Waals surface area contributed by atoms with Gasteiger partial charge in [-0.15, -0.1) is 0 Å². The summed E-state index contributed by atoms with van der Waals surface area (Å²) in [5.41, 5.74) is 4.02. The Morgan fingerprint density at radius 1 is 1.02 bits per heavy atom. The molecular weight excluding hydrogens is 512 g/mol. The second-order valence-electron chi connectivity index (χ2n) is 9.51. The molecule has 40 heavy (non-hydrogen) atoms. The van der Waals surface area contributed by atoms with Crippen LogP contribution in [0.3, 0.4) is 0 Å². The van der Waals surface area contributed by atoms with E-state index in [1.54, 1.807) is 12.0 Å². The van der Waals surface area contributed by atoms with Gasteiger partial charge in [-0.3, -0.25) is 0 Å². The number of para-hydroxylation sites is 1. The van der Waals surface area contributed by atoms with Gasteiger partial charge in [-0.25, -0.2) is 18.3 Å². The molecule has 0 aliphatic carbocycles. The number of methoxy groups -OCH3 is 1. The van der Waals surface area contributed by atoms with Crippen LogP contribution in [0.15, 0.2) is 91.1 Å². The van der Waals surface area contributed by atoms with Gasteiger partial charge in [0.25, 0.3) is 0 Å². The van der Waals surface area contributed by atoms with E-state index in [9.17, 15) is 13.6 Å². The van der Waals surface area contributed by atoms with Crippen molar-refractivity contribution in [3.63, 3.8) is 0 Å². The largest absolute Gasteiger partial charge is 0.497 e. The van der Waals surface area contributed by atoms with Crippen LogP contribution in [0.25, 0.3) is 11.5 Å². The lowest BCUT2D eigenvalue weighted by Crippen LogP contribution is -2.38. The van der Waals surface area contributed by atoms with Gasteiger partial charge in [-0.2, -0.15) is 5.10 Å². The van der Waals surface area contributed by atoms with Crippen molar-refractivity contribution in [1.29, 1.82) is 0 Å². The smallest absolute Gasteiger partial charge is 0.323 e. The molecular formula is C31H27F2N5O2. The fourth-order valence-electron chi connectivity index (χ4n) is 5.27. The summed E-state index contributed by atoms with van der Waals surface area (Å²) in [5.74, 6) is 0.143. The van der Waals surface area contributed by atoms with E-state index < -0.39 is 23.7 Å². The van der Waals surface area contributed by atoms with Crippen LogP contribution < -0.4 is 10.1 Å². The van der Waals surface area contributed by atoms with Crippen molar-refractivity contribution in [2.24, 2.45) is 0 Å². The van der Waals surface area contributed by atoms with Gasteiger partial charge >= 0.3 is 6.03 Å². The Labute approximate surface area is 230 Å². The van der Waals surface area contributed by atoms with Crippen molar-refractivity contribution in [3.05, 3.63) is 125 Å². The van der Waals surface area contributed by atoms with Gasteiger partial charge in [0, 0.05) is 17.8 Å². The minimum atomic E-state index is -0.722. The van der Waals surface area contributed by atoms with E-state index in [1.165, 1.54) is 0 Å². The van der Waals surface area contributed by atoms with Gasteiger partial charge in [-0.05, 0) is 60.5 Å². The molecule has 0 radical (unpaired) electrons. The predicted octanol–water partition coefficient (Wildman–Crippen LogP) is 6.65. The zero-order valence-corrected chi connectivity index (χ0v) is 22.0. The maximum atomic E-state index is 14.6. The molecule has 6 rings (SSSR count). The molecule has 2 amide bonds. The number of fused-ring (bicyclic) bond motifs is 3. The maximum absolute atomic E-state index is 14.6. The van der Waals surface area contributed by atoms with Crippen LogP contribution >= 0.6 is 0 Å². The number of carbonyl (C=O) groups excluding carboxylic acids is 1. The number of hydrogen-bond acceptors (Lipinski definition) is 3. The fourth-order valence-corrected chi connectivity index (χ4v) is 5.27. The number of anilines is 1. The van der Waals surface area contributed by atoms with E-state index in [-0.39, 0.29) is 12.2 Å². The van der Waals surface area contributed by atoms with Crippen LogP contribution in [-0.2, 0) is 13.0 Å². The molecule has 0 unspecified atom stereocenters. The van der Waals surface area contributed by atoms with Gasteiger partial charge in [0.05, 0.1) is 42.5 Å². The Balaban J connectivity index is 1.55. The van der Waals surface area contributed by atoms with Crippen LogP contribution in [-0.4, -0.2) is 32.4 Å². The highest BCUT2D eigenvalue weighted by Gasteiger charge is 2.36. The fraction of sp³-hybridized carbons (Fsp3) is 0.161. The average Bonchev–Trinajstić information content (AvgIpc) is 3.56. The Kier molecular flexibility index (Phi) is 6.55. The summed E-state index contributed by atoms with van der Waals surface area (Å²) in [7, 11) is 1.59. The summed E-state index contributed by atoms with van der Waals surface area (Å²) in [6, 6.07) is 23.1. The Morgan fingerprint density at radius 2 is 1.80 bits per heavy atom. The first-order chi connectivity index (χ1) is 19.5. The third kappa shape index (κ3) is 4.39. The number of aryl methyl sites for hydroxylation is 1. The molecule has 7 nitrogen and oxygen atoms in total. The van der Waals surface area contributed by atoms with E-state index in [0.717, 1.165) is 52.2 Å². The summed E-state index contributed by atoms with van der Waals surface area (Å²) < 4.78 is 37.9. The van der Waals surface area contributed by atoms with E-state index in [4.69, 9.17) is 9.84 Å². The zero-order valence-electron chi connectivity index (χ0n) is 22.0. The topological polar surface area (TPSA) is 64.3 Å². The van der Waals surface area contributed by atoms with E-state index in [1.807, 2.05) is 84.5 Å². The molecule has 0 saturated carbocycles. The molecule has 0 bridgehead atoms. The van der Waals surface area contributed by atoms with Crippen molar-refractivity contribution in [1.82, 2.24) is 19.2 Å². The van der Waals surface area contributed by atoms with E-state index in [2.05, 4.69) is 9.88 Å². The van der Waals surface area contributed by atoms with Crippen LogP contribution in [0.4, 0.5) is 19.3 Å². The number of rotatable bonds is 5. The number of aromatic nitrogens is 3. The number of halogens is 2. The molecule has 1 aliphatic heterocycles. The first-order valence-corrected chi connectivity index (χ1v) is 13.0. The molecule has 0 fully saturated rings. The molecule has 1 N–H and O–H groups in total. The van der Waals surface area contributed by atoms with E-state index >= 15 is 0 Å². The Hall–Kier alpha value is -4.92. The molecule has 2 aromatic heterocycles. The van der Waals surface area contributed by atoms with Crippen LogP contribution in [0.1, 0.15) is 35.5 Å². The second kappa shape index (κ2) is 10.3. The number of amides is 2. The van der Waals surface area contributed by atoms with Crippen molar-refractivity contribution in [2.45, 2.75) is 25.9 Å². The molecule has 1 aliphatic rings. The first kappa shape index (κ1) is 25.4. The molecule has 9 heteroatoms. The predicted molar refractivity (Wildman–Crippen MR) is 148 cm³/mol. The lowest BCUT2D eigenvalue weighted by molar-refractivity contribution is 0.194. The summed E-state index contributed by atoms with van der Waals surface area (Å²) in [6.45, 7) is 2.21. The Morgan fingerprint density at radius 3 is 2.52 bits per heavy atom. The Bertz CT molecular complexity index is 1680. The summed E-state index contributed by atoms with van der Waals surface area (Å²) in [5, 5.41) is 7.55. The number of benzene rings is 3. The molecule has 3 aromatic carbocycles. The molecule has 0 saturated heterocycles. The number of carbonyl (C=O) groups is 1. The molecule has 202 valence electrons. The highest BCUT2D eigenvalue weighted by molar-refractivity contribution is 5.90. The minimum absolute atomic E-state index is 0.187. The van der Waals surface area contributed by atoms with Crippen molar-refractivity contribution in [2.75, 3.05) is 12.4 Å². The van der Waals surface area contributed by atoms with Gasteiger partial charge in [0.2, 0.25) is 0 Å². The third-order valence-corrected chi connectivity index (χ3v) is 7.17. The van der Waals surface area contributed by atoms with Gasteiger partial charge in [-0.1, -0.05) is 37.3 Å². The van der Waals surface area contributed by atoms with Gasteiger partial charge < -0.3 is 19.5 Å². The van der Waals surface area contributed by atoms with Crippen molar-refractivity contribution < 1.29 is 18.3 Å². The molecule has 5 aromatic rings. The summed E-state index contributed by atoms with van der Waals surface area (Å²) in [4.78, 5) is 15.6. The van der Waals surface area contributed by atoms with Crippen LogP contribution in [0.5, 0.6) is 5.75 Å². The molecule has 3 heterocycles. The van der Waals surface area contributed by atoms with Crippen molar-refractivity contribution >= 4 is 11.7 Å². The summed E-state index contributed by atoms with van der Waals surface area (Å²) in [6.07, 6.45) is 2.60.